The van der Waals surface area contributed by atoms with Gasteiger partial charge >= 0.3 is 0 Å². The highest BCUT2D eigenvalue weighted by Crippen LogP contribution is 2.27. The molecule has 7 heteroatoms. The number of aryl methyl sites for hydroxylation is 1. The van der Waals surface area contributed by atoms with E-state index in [4.69, 9.17) is 17.3 Å². The topological polar surface area (TPSA) is 87.0 Å². The average molecular weight is 267 g/mol. The second-order valence-electron chi connectivity index (χ2n) is 3.90. The van der Waals surface area contributed by atoms with Gasteiger partial charge in [-0.2, -0.15) is 5.10 Å². The largest absolute Gasteiger partial charge is 0.397 e. The number of nitrogens with two attached hydrogens (primary N) is 1. The van der Waals surface area contributed by atoms with Crippen LogP contribution in [0.25, 0.3) is 5.69 Å². The zero-order valence-corrected chi connectivity index (χ0v) is 10.6. The van der Waals surface area contributed by atoms with Crippen molar-refractivity contribution in [2.24, 2.45) is 0 Å². The van der Waals surface area contributed by atoms with Crippen LogP contribution in [0.4, 0.5) is 11.4 Å². The lowest BCUT2D eigenvalue weighted by Crippen LogP contribution is -2.04. The average Bonchev–Trinajstić information content (AvgIpc) is 2.57. The maximum Gasteiger partial charge on any atom is 0.271 e. The second kappa shape index (κ2) is 4.30. The number of nitrogens with zero attached hydrogens (tertiary/aromatic N) is 3. The van der Waals surface area contributed by atoms with Crippen LogP contribution in [-0.2, 0) is 0 Å². The fourth-order valence-corrected chi connectivity index (χ4v) is 1.82. The number of halogens is 1. The Labute approximate surface area is 108 Å². The standard InChI is InChI=1S/C11H11ClN4O2/c1-6-11(12)7(2)15(14-6)10-4-3-8(16(17)18)5-9(10)13/h3-5H,13H2,1-2H3. The van der Waals surface area contributed by atoms with Crippen LogP contribution in [0.1, 0.15) is 11.4 Å². The molecule has 0 aliphatic heterocycles. The van der Waals surface area contributed by atoms with E-state index in [0.29, 0.717) is 16.4 Å². The number of nitrogen functional groups attached to an aromatic ring is 1. The Bertz CT molecular complexity index is 636. The fraction of sp³-hybridized carbons (Fsp3) is 0.182. The van der Waals surface area contributed by atoms with E-state index in [1.807, 2.05) is 6.92 Å². The number of benzene rings is 1. The van der Waals surface area contributed by atoms with Crippen LogP contribution in [0, 0.1) is 24.0 Å². The van der Waals surface area contributed by atoms with Gasteiger partial charge in [0.1, 0.15) is 0 Å². The van der Waals surface area contributed by atoms with Crippen LogP contribution < -0.4 is 5.73 Å². The number of aromatic nitrogens is 2. The van der Waals surface area contributed by atoms with E-state index in [9.17, 15) is 10.1 Å². The summed E-state index contributed by atoms with van der Waals surface area (Å²) in [5, 5.41) is 15.4. The number of nitro groups is 1. The molecule has 1 heterocycles. The zero-order chi connectivity index (χ0) is 13.4. The molecule has 0 radical (unpaired) electrons. The minimum atomic E-state index is -0.492. The highest BCUT2D eigenvalue weighted by molar-refractivity contribution is 6.31. The van der Waals surface area contributed by atoms with E-state index in [-0.39, 0.29) is 11.4 Å². The Morgan fingerprint density at radius 2 is 2.11 bits per heavy atom. The number of nitro benzene ring substituents is 1. The maximum absolute atomic E-state index is 10.6. The van der Waals surface area contributed by atoms with Crippen LogP contribution in [0.3, 0.4) is 0 Å². The summed E-state index contributed by atoms with van der Waals surface area (Å²) in [5.41, 5.74) is 8.05. The summed E-state index contributed by atoms with van der Waals surface area (Å²) >= 11 is 6.05. The van der Waals surface area contributed by atoms with E-state index in [1.165, 1.54) is 12.1 Å². The maximum atomic E-state index is 10.6. The van der Waals surface area contributed by atoms with Gasteiger partial charge in [-0.25, -0.2) is 4.68 Å². The fourth-order valence-electron chi connectivity index (χ4n) is 1.71. The monoisotopic (exact) mass is 266 g/mol. The van der Waals surface area contributed by atoms with Crippen molar-refractivity contribution in [1.82, 2.24) is 9.78 Å². The molecule has 0 saturated carbocycles. The van der Waals surface area contributed by atoms with Crippen molar-refractivity contribution >= 4 is 23.0 Å². The summed E-state index contributed by atoms with van der Waals surface area (Å²) < 4.78 is 1.58. The minimum Gasteiger partial charge on any atom is -0.397 e. The predicted octanol–water partition coefficient (Wildman–Crippen LogP) is 2.63. The van der Waals surface area contributed by atoms with E-state index in [1.54, 1.807) is 17.7 Å². The number of non-ortho nitro benzene ring substituents is 1. The van der Waals surface area contributed by atoms with Crippen LogP contribution in [0.2, 0.25) is 5.02 Å². The first-order valence-electron chi connectivity index (χ1n) is 5.18. The van der Waals surface area contributed by atoms with Crippen LogP contribution in [0.15, 0.2) is 18.2 Å². The Morgan fingerprint density at radius 1 is 1.44 bits per heavy atom. The molecule has 2 N–H and O–H groups in total. The van der Waals surface area contributed by atoms with Gasteiger partial charge in [0.15, 0.2) is 0 Å². The Hall–Kier alpha value is -2.08. The SMILES string of the molecule is Cc1nn(-c2ccc([N+](=O)[O-])cc2N)c(C)c1Cl. The van der Waals surface area contributed by atoms with Crippen molar-refractivity contribution in [3.8, 4) is 5.69 Å². The quantitative estimate of drug-likeness (QED) is 0.514. The molecule has 6 nitrogen and oxygen atoms in total. The van der Waals surface area contributed by atoms with Gasteiger partial charge in [-0.3, -0.25) is 10.1 Å². The molecular formula is C11H11ClN4O2. The first kappa shape index (κ1) is 12.4. The van der Waals surface area contributed by atoms with Gasteiger partial charge in [-0.15, -0.1) is 0 Å². The Kier molecular flexibility index (Phi) is 2.96. The molecule has 0 bridgehead atoms. The number of hydrogen-bond acceptors (Lipinski definition) is 4. The molecule has 0 fully saturated rings. The van der Waals surface area contributed by atoms with E-state index in [2.05, 4.69) is 5.10 Å². The van der Waals surface area contributed by atoms with Crippen molar-refractivity contribution in [2.75, 3.05) is 5.73 Å². The van der Waals surface area contributed by atoms with Gasteiger partial charge in [0.25, 0.3) is 5.69 Å². The molecule has 94 valence electrons. The lowest BCUT2D eigenvalue weighted by atomic mass is 10.2. The van der Waals surface area contributed by atoms with Crippen molar-refractivity contribution in [3.63, 3.8) is 0 Å². The lowest BCUT2D eigenvalue weighted by Gasteiger charge is -2.07. The van der Waals surface area contributed by atoms with Crippen LogP contribution >= 0.6 is 11.6 Å². The molecule has 0 aliphatic rings. The molecular weight excluding hydrogens is 256 g/mol. The predicted molar refractivity (Wildman–Crippen MR) is 69.1 cm³/mol. The van der Waals surface area contributed by atoms with E-state index in [0.717, 1.165) is 5.69 Å². The van der Waals surface area contributed by atoms with Crippen molar-refractivity contribution in [2.45, 2.75) is 13.8 Å². The molecule has 0 spiro atoms. The summed E-state index contributed by atoms with van der Waals surface area (Å²) in [5.74, 6) is 0. The molecule has 0 atom stereocenters. The molecule has 2 rings (SSSR count). The molecule has 18 heavy (non-hydrogen) atoms. The molecule has 0 unspecified atom stereocenters. The van der Waals surface area contributed by atoms with Crippen LogP contribution in [0.5, 0.6) is 0 Å². The van der Waals surface area contributed by atoms with E-state index >= 15 is 0 Å². The number of anilines is 1. The summed E-state index contributed by atoms with van der Waals surface area (Å²) in [4.78, 5) is 10.1. The van der Waals surface area contributed by atoms with Gasteiger partial charge in [-0.1, -0.05) is 11.6 Å². The normalized spacial score (nSPS) is 10.6. The molecule has 1 aromatic carbocycles. The molecule has 2 aromatic rings. The Morgan fingerprint density at radius 3 is 2.56 bits per heavy atom. The molecule has 0 amide bonds. The number of rotatable bonds is 2. The summed E-state index contributed by atoms with van der Waals surface area (Å²) in [6, 6.07) is 4.25. The zero-order valence-electron chi connectivity index (χ0n) is 9.85. The smallest absolute Gasteiger partial charge is 0.271 e. The molecule has 0 saturated heterocycles. The van der Waals surface area contributed by atoms with Gasteiger partial charge < -0.3 is 5.73 Å². The third kappa shape index (κ3) is 1.91. The number of hydrogen-bond donors (Lipinski definition) is 1. The third-order valence-electron chi connectivity index (χ3n) is 2.65. The molecule has 1 aromatic heterocycles. The lowest BCUT2D eigenvalue weighted by molar-refractivity contribution is -0.384. The van der Waals surface area contributed by atoms with Gasteiger partial charge in [-0.05, 0) is 19.9 Å². The second-order valence-corrected chi connectivity index (χ2v) is 4.27. The first-order valence-corrected chi connectivity index (χ1v) is 5.55. The van der Waals surface area contributed by atoms with Crippen LogP contribution in [-0.4, -0.2) is 14.7 Å². The third-order valence-corrected chi connectivity index (χ3v) is 3.20. The van der Waals surface area contributed by atoms with Crippen molar-refractivity contribution in [3.05, 3.63) is 44.7 Å². The minimum absolute atomic E-state index is 0.0520. The highest BCUT2D eigenvalue weighted by atomic mass is 35.5. The highest BCUT2D eigenvalue weighted by Gasteiger charge is 2.15. The summed E-state index contributed by atoms with van der Waals surface area (Å²) in [6.07, 6.45) is 0. The van der Waals surface area contributed by atoms with E-state index < -0.39 is 4.92 Å². The van der Waals surface area contributed by atoms with Crippen molar-refractivity contribution < 1.29 is 4.92 Å². The summed E-state index contributed by atoms with van der Waals surface area (Å²) in [6.45, 7) is 3.59. The Balaban J connectivity index is 2.58. The van der Waals surface area contributed by atoms with Gasteiger partial charge in [0.05, 0.1) is 32.7 Å². The molecule has 0 aliphatic carbocycles. The van der Waals surface area contributed by atoms with Gasteiger partial charge in [0.2, 0.25) is 0 Å². The summed E-state index contributed by atoms with van der Waals surface area (Å²) in [7, 11) is 0. The van der Waals surface area contributed by atoms with Crippen molar-refractivity contribution in [1.29, 1.82) is 0 Å². The van der Waals surface area contributed by atoms with Gasteiger partial charge in [0, 0.05) is 12.1 Å². The first-order chi connectivity index (χ1) is 8.41.